The third-order valence-electron chi connectivity index (χ3n) is 7.10. The van der Waals surface area contributed by atoms with Gasteiger partial charge in [-0.05, 0) is 59.9 Å². The summed E-state index contributed by atoms with van der Waals surface area (Å²) < 4.78 is 5.61. The molecule has 1 fully saturated rings. The van der Waals surface area contributed by atoms with Crippen molar-refractivity contribution in [3.05, 3.63) is 59.7 Å². The zero-order chi connectivity index (χ0) is 24.3. The molecule has 0 saturated heterocycles. The highest BCUT2D eigenvalue weighted by Gasteiger charge is 2.50. The van der Waals surface area contributed by atoms with Crippen LogP contribution in [0.5, 0.6) is 0 Å². The number of thioether (sulfide) groups is 1. The number of aliphatic carboxylic acids is 1. The maximum absolute atomic E-state index is 13.2. The molecule has 0 radical (unpaired) electrons. The maximum atomic E-state index is 13.2. The van der Waals surface area contributed by atoms with Crippen LogP contribution in [-0.4, -0.2) is 65.2 Å². The van der Waals surface area contributed by atoms with Crippen molar-refractivity contribution in [2.75, 3.05) is 25.7 Å². The van der Waals surface area contributed by atoms with Gasteiger partial charge in [-0.15, -0.1) is 0 Å². The molecule has 2 N–H and O–H groups in total. The number of hydrogen-bond donors (Lipinski definition) is 2. The molecule has 1 saturated carbocycles. The molecule has 0 heterocycles. The van der Waals surface area contributed by atoms with Crippen molar-refractivity contribution in [1.82, 2.24) is 10.2 Å². The highest BCUT2D eigenvalue weighted by molar-refractivity contribution is 7.98. The molecule has 7 nitrogen and oxygen atoms in total. The van der Waals surface area contributed by atoms with Crippen LogP contribution in [0.25, 0.3) is 11.1 Å². The number of benzene rings is 2. The Morgan fingerprint density at radius 2 is 1.71 bits per heavy atom. The Balaban J connectivity index is 1.44. The molecule has 0 spiro atoms. The van der Waals surface area contributed by atoms with Crippen molar-refractivity contribution < 1.29 is 24.2 Å². The van der Waals surface area contributed by atoms with E-state index >= 15 is 0 Å². The molecule has 34 heavy (non-hydrogen) atoms. The fourth-order valence-corrected chi connectivity index (χ4v) is 5.40. The molecule has 2 aromatic carbocycles. The van der Waals surface area contributed by atoms with Crippen LogP contribution in [0.15, 0.2) is 48.5 Å². The summed E-state index contributed by atoms with van der Waals surface area (Å²) in [6, 6.07) is 15.3. The van der Waals surface area contributed by atoms with Crippen LogP contribution >= 0.6 is 11.8 Å². The minimum atomic E-state index is -1.18. The van der Waals surface area contributed by atoms with E-state index < -0.39 is 29.6 Å². The largest absolute Gasteiger partial charge is 0.479 e. The summed E-state index contributed by atoms with van der Waals surface area (Å²) in [5, 5.41) is 12.4. The van der Waals surface area contributed by atoms with E-state index in [1.54, 1.807) is 11.8 Å². The first-order valence-electron chi connectivity index (χ1n) is 11.5. The number of amides is 2. The van der Waals surface area contributed by atoms with Crippen LogP contribution in [0, 0.1) is 0 Å². The molecule has 2 aromatic rings. The molecule has 2 aliphatic rings. The number of alkyl carbamates (subject to hydrolysis) is 1. The van der Waals surface area contributed by atoms with E-state index in [9.17, 15) is 19.5 Å². The molecular formula is C26H30N2O5S. The lowest BCUT2D eigenvalue weighted by atomic mass is 9.75. The van der Waals surface area contributed by atoms with E-state index in [2.05, 4.69) is 17.4 Å². The highest BCUT2D eigenvalue weighted by Crippen LogP contribution is 2.44. The number of carbonyl (C=O) groups excluding carboxylic acids is 2. The predicted molar refractivity (Wildman–Crippen MR) is 132 cm³/mol. The van der Waals surface area contributed by atoms with Crippen LogP contribution in [0.2, 0.25) is 0 Å². The monoisotopic (exact) mass is 482 g/mol. The van der Waals surface area contributed by atoms with Crippen molar-refractivity contribution in [2.45, 2.75) is 43.2 Å². The van der Waals surface area contributed by atoms with Gasteiger partial charge in [0.25, 0.3) is 0 Å². The lowest BCUT2D eigenvalue weighted by molar-refractivity contribution is -0.165. The predicted octanol–water partition coefficient (Wildman–Crippen LogP) is 4.11. The number of ether oxygens (including phenoxy) is 1. The summed E-state index contributed by atoms with van der Waals surface area (Å²) >= 11 is 1.56. The zero-order valence-corrected chi connectivity index (χ0v) is 20.3. The van der Waals surface area contributed by atoms with Crippen molar-refractivity contribution in [2.24, 2.45) is 0 Å². The average molecular weight is 483 g/mol. The van der Waals surface area contributed by atoms with E-state index in [0.717, 1.165) is 28.7 Å². The van der Waals surface area contributed by atoms with E-state index in [-0.39, 0.29) is 12.5 Å². The maximum Gasteiger partial charge on any atom is 0.407 e. The van der Waals surface area contributed by atoms with Gasteiger partial charge < -0.3 is 20.1 Å². The smallest absolute Gasteiger partial charge is 0.407 e. The third-order valence-corrected chi connectivity index (χ3v) is 7.74. The molecule has 0 aliphatic heterocycles. The molecule has 0 unspecified atom stereocenters. The molecule has 0 bridgehead atoms. The highest BCUT2D eigenvalue weighted by atomic mass is 32.2. The number of hydrogen-bond acceptors (Lipinski definition) is 5. The van der Waals surface area contributed by atoms with Gasteiger partial charge in [-0.1, -0.05) is 48.5 Å². The minimum absolute atomic E-state index is 0.0774. The van der Waals surface area contributed by atoms with E-state index in [0.29, 0.717) is 25.0 Å². The van der Waals surface area contributed by atoms with Gasteiger partial charge in [0.2, 0.25) is 5.91 Å². The zero-order valence-electron chi connectivity index (χ0n) is 19.5. The number of nitrogens with one attached hydrogen (secondary N) is 1. The van der Waals surface area contributed by atoms with Crippen LogP contribution < -0.4 is 5.32 Å². The lowest BCUT2D eigenvalue weighted by Crippen LogP contribution is -2.63. The molecular weight excluding hydrogens is 452 g/mol. The summed E-state index contributed by atoms with van der Waals surface area (Å²) in [5.41, 5.74) is 3.32. The summed E-state index contributed by atoms with van der Waals surface area (Å²) in [7, 11) is 1.51. The summed E-state index contributed by atoms with van der Waals surface area (Å²) in [4.78, 5) is 39.1. The topological polar surface area (TPSA) is 95.9 Å². The van der Waals surface area contributed by atoms with Crippen LogP contribution in [0.4, 0.5) is 4.79 Å². The van der Waals surface area contributed by atoms with Crippen LogP contribution in [0.1, 0.15) is 42.7 Å². The van der Waals surface area contributed by atoms with Crippen molar-refractivity contribution in [3.63, 3.8) is 0 Å². The van der Waals surface area contributed by atoms with E-state index in [1.165, 1.54) is 11.9 Å². The van der Waals surface area contributed by atoms with E-state index in [1.807, 2.05) is 42.7 Å². The lowest BCUT2D eigenvalue weighted by Gasteiger charge is -2.45. The second kappa shape index (κ2) is 10.1. The number of fused-ring (bicyclic) bond motifs is 3. The van der Waals surface area contributed by atoms with Crippen LogP contribution in [-0.2, 0) is 14.3 Å². The first-order valence-corrected chi connectivity index (χ1v) is 12.9. The van der Waals surface area contributed by atoms with Gasteiger partial charge in [0.15, 0.2) is 0 Å². The number of nitrogens with zero attached hydrogens (tertiary/aromatic N) is 1. The Labute approximate surface area is 203 Å². The fraction of sp³-hybridized carbons (Fsp3) is 0.423. The fourth-order valence-electron chi connectivity index (χ4n) is 4.92. The third kappa shape index (κ3) is 4.39. The quantitative estimate of drug-likeness (QED) is 0.558. The van der Waals surface area contributed by atoms with Gasteiger partial charge in [-0.3, -0.25) is 4.79 Å². The Kier molecular flexibility index (Phi) is 7.16. The average Bonchev–Trinajstić information content (AvgIpc) is 3.12. The molecule has 8 heteroatoms. The van der Waals surface area contributed by atoms with E-state index in [4.69, 9.17) is 4.74 Å². The molecule has 4 rings (SSSR count). The molecule has 2 aliphatic carbocycles. The summed E-state index contributed by atoms with van der Waals surface area (Å²) in [5.74, 6) is -0.830. The number of carboxylic acid groups (broad SMARTS) is 1. The van der Waals surface area contributed by atoms with Gasteiger partial charge in [0, 0.05) is 13.0 Å². The summed E-state index contributed by atoms with van der Waals surface area (Å²) in [6.45, 7) is 0.151. The van der Waals surface area contributed by atoms with Crippen molar-refractivity contribution in [3.8, 4) is 11.1 Å². The standard InChI is InChI=1S/C26H30N2O5S/c1-28(26(24(30)31)13-7-14-26)23(29)22(12-15-34-2)27-25(32)33-16-21-19-10-5-3-8-17(19)18-9-4-6-11-20(18)21/h3-6,8-11,21-22H,7,12-16H2,1-2H3,(H,27,32)(H,30,31)/t22-/m1/s1. The Morgan fingerprint density at radius 1 is 1.12 bits per heavy atom. The van der Waals surface area contributed by atoms with Gasteiger partial charge >= 0.3 is 12.1 Å². The van der Waals surface area contributed by atoms with Gasteiger partial charge in [-0.25, -0.2) is 9.59 Å². The van der Waals surface area contributed by atoms with Crippen LogP contribution in [0.3, 0.4) is 0 Å². The molecule has 2 amide bonds. The Bertz CT molecular complexity index is 1040. The second-order valence-corrected chi connectivity index (χ2v) is 9.88. The molecule has 0 aromatic heterocycles. The molecule has 180 valence electrons. The first kappa shape index (κ1) is 24.1. The summed E-state index contributed by atoms with van der Waals surface area (Å²) in [6.07, 6.45) is 3.25. The van der Waals surface area contributed by atoms with Gasteiger partial charge in [-0.2, -0.15) is 11.8 Å². The van der Waals surface area contributed by atoms with Crippen molar-refractivity contribution in [1.29, 1.82) is 0 Å². The first-order chi connectivity index (χ1) is 16.4. The number of carbonyl (C=O) groups is 3. The second-order valence-electron chi connectivity index (χ2n) is 8.89. The SMILES string of the molecule is CSCC[C@@H](NC(=O)OCC1c2ccccc2-c2ccccc21)C(=O)N(C)C1(C(=O)O)CCC1. The van der Waals surface area contributed by atoms with Crippen molar-refractivity contribution >= 4 is 29.7 Å². The van der Waals surface area contributed by atoms with Gasteiger partial charge in [0.05, 0.1) is 0 Å². The Hall–Kier alpha value is -3.00. The number of likely N-dealkylation sites (N-methyl/N-ethyl adjacent to an activating group) is 1. The molecule has 1 atom stereocenters. The minimum Gasteiger partial charge on any atom is -0.479 e. The normalized spacial score (nSPS) is 16.5. The number of rotatable bonds is 9. The Morgan fingerprint density at radius 3 is 2.21 bits per heavy atom. The number of carboxylic acids is 1. The van der Waals surface area contributed by atoms with Gasteiger partial charge in [0.1, 0.15) is 18.2 Å².